The quantitative estimate of drug-likeness (QED) is 0.429. The molecule has 0 unspecified atom stereocenters. The second kappa shape index (κ2) is 11.2. The number of benzene rings is 3. The molecule has 0 radical (unpaired) electrons. The molecule has 1 atom stereocenters. The summed E-state index contributed by atoms with van der Waals surface area (Å²) in [4.78, 5) is 25.8. The van der Waals surface area contributed by atoms with Crippen molar-refractivity contribution in [2.45, 2.75) is 12.5 Å². The minimum atomic E-state index is -0.494. The Hall–Kier alpha value is -3.22. The van der Waals surface area contributed by atoms with Crippen LogP contribution in [0, 0.1) is 0 Å². The van der Waals surface area contributed by atoms with Gasteiger partial charge < -0.3 is 15.7 Å². The molecule has 0 fully saturated rings. The Morgan fingerprint density at radius 3 is 2.16 bits per heavy atom. The normalized spacial score (nSPS) is 12.1. The van der Waals surface area contributed by atoms with Crippen molar-refractivity contribution in [3.63, 3.8) is 0 Å². The molecule has 0 aliphatic heterocycles. The highest BCUT2D eigenvalue weighted by Gasteiger charge is 2.19. The van der Waals surface area contributed by atoms with Gasteiger partial charge in [0.1, 0.15) is 5.70 Å². The van der Waals surface area contributed by atoms with Gasteiger partial charge in [-0.1, -0.05) is 82.7 Å². The van der Waals surface area contributed by atoms with Crippen LogP contribution in [0.3, 0.4) is 0 Å². The van der Waals surface area contributed by atoms with E-state index in [1.54, 1.807) is 30.3 Å². The van der Waals surface area contributed by atoms with E-state index in [2.05, 4.69) is 26.6 Å². The number of halogens is 1. The molecule has 5 nitrogen and oxygen atoms in total. The van der Waals surface area contributed by atoms with Gasteiger partial charge >= 0.3 is 0 Å². The molecule has 3 aromatic rings. The number of amides is 2. The number of aliphatic hydroxyl groups excluding tert-OH is 1. The van der Waals surface area contributed by atoms with Crippen LogP contribution in [0.15, 0.2) is 95.1 Å². The molecule has 0 aromatic heterocycles. The van der Waals surface area contributed by atoms with Crippen molar-refractivity contribution in [1.29, 1.82) is 0 Å². The Morgan fingerprint density at radius 1 is 0.903 bits per heavy atom. The van der Waals surface area contributed by atoms with Crippen LogP contribution < -0.4 is 10.6 Å². The van der Waals surface area contributed by atoms with Crippen LogP contribution in [0.5, 0.6) is 0 Å². The van der Waals surface area contributed by atoms with Crippen molar-refractivity contribution >= 4 is 33.8 Å². The number of carbonyl (C=O) groups is 2. The molecule has 3 rings (SSSR count). The van der Waals surface area contributed by atoms with Crippen LogP contribution in [0.25, 0.3) is 6.08 Å². The molecule has 0 saturated heterocycles. The first-order valence-corrected chi connectivity index (χ1v) is 10.6. The summed E-state index contributed by atoms with van der Waals surface area (Å²) in [6.07, 6.45) is 2.08. The van der Waals surface area contributed by atoms with Crippen molar-refractivity contribution in [2.24, 2.45) is 0 Å². The molecule has 0 aliphatic rings. The van der Waals surface area contributed by atoms with Crippen LogP contribution in [0.1, 0.15) is 21.5 Å². The van der Waals surface area contributed by atoms with E-state index in [0.29, 0.717) is 12.0 Å². The summed E-state index contributed by atoms with van der Waals surface area (Å²) < 4.78 is 0.789. The van der Waals surface area contributed by atoms with Gasteiger partial charge in [0.25, 0.3) is 11.8 Å². The number of aliphatic hydroxyl groups is 1. The molecule has 0 saturated carbocycles. The van der Waals surface area contributed by atoms with Gasteiger partial charge in [-0.2, -0.15) is 0 Å². The molecule has 0 spiro atoms. The van der Waals surface area contributed by atoms with Crippen LogP contribution in [-0.4, -0.2) is 29.6 Å². The van der Waals surface area contributed by atoms with Gasteiger partial charge in [-0.3, -0.25) is 9.59 Å². The van der Waals surface area contributed by atoms with Gasteiger partial charge in [0.05, 0.1) is 12.6 Å². The van der Waals surface area contributed by atoms with Crippen molar-refractivity contribution < 1.29 is 14.7 Å². The summed E-state index contributed by atoms with van der Waals surface area (Å²) in [6, 6.07) is 25.2. The molecule has 0 heterocycles. The Kier molecular flexibility index (Phi) is 8.15. The summed E-state index contributed by atoms with van der Waals surface area (Å²) in [7, 11) is 0. The summed E-state index contributed by atoms with van der Waals surface area (Å²) in [5.41, 5.74) is 2.26. The van der Waals surface area contributed by atoms with Crippen molar-refractivity contribution in [3.05, 3.63) is 112 Å². The largest absolute Gasteiger partial charge is 0.394 e. The second-order valence-corrected chi connectivity index (χ2v) is 7.80. The van der Waals surface area contributed by atoms with Crippen LogP contribution in [0.4, 0.5) is 0 Å². The van der Waals surface area contributed by atoms with Crippen LogP contribution >= 0.6 is 15.9 Å². The highest BCUT2D eigenvalue weighted by molar-refractivity contribution is 9.10. The minimum Gasteiger partial charge on any atom is -0.394 e. The number of carbonyl (C=O) groups excluding carboxylic acids is 2. The zero-order valence-corrected chi connectivity index (χ0v) is 18.4. The third kappa shape index (κ3) is 6.64. The minimum absolute atomic E-state index is 0.0901. The SMILES string of the molecule is O=C(N[C@H](CO)Cc1ccccc1)/C(=C\c1ccccc1Br)NC(=O)c1ccccc1. The van der Waals surface area contributed by atoms with E-state index in [-0.39, 0.29) is 12.3 Å². The number of hydrogen-bond donors (Lipinski definition) is 3. The fourth-order valence-electron chi connectivity index (χ4n) is 3.01. The summed E-state index contributed by atoms with van der Waals surface area (Å²) in [5.74, 6) is -0.868. The molecule has 0 aliphatic carbocycles. The van der Waals surface area contributed by atoms with Crippen molar-refractivity contribution in [2.75, 3.05) is 6.61 Å². The standard InChI is InChI=1S/C25H23BrN2O3/c26-22-14-8-7-13-20(22)16-23(28-24(30)19-11-5-2-6-12-19)25(31)27-21(17-29)15-18-9-3-1-4-10-18/h1-14,16,21,29H,15,17H2,(H,27,31)(H,28,30)/b23-16+/t21-/m0/s1. The third-order valence-corrected chi connectivity index (χ3v) is 5.34. The lowest BCUT2D eigenvalue weighted by molar-refractivity contribution is -0.118. The summed E-state index contributed by atoms with van der Waals surface area (Å²) in [5, 5.41) is 15.3. The Bertz CT molecular complexity index is 1050. The van der Waals surface area contributed by atoms with E-state index in [0.717, 1.165) is 15.6 Å². The van der Waals surface area contributed by atoms with Gasteiger partial charge in [-0.15, -0.1) is 0 Å². The van der Waals surface area contributed by atoms with Crippen molar-refractivity contribution in [1.82, 2.24) is 10.6 Å². The smallest absolute Gasteiger partial charge is 0.268 e. The van der Waals surface area contributed by atoms with E-state index < -0.39 is 17.9 Å². The van der Waals surface area contributed by atoms with E-state index in [4.69, 9.17) is 0 Å². The maximum Gasteiger partial charge on any atom is 0.268 e. The molecule has 2 amide bonds. The Labute approximate surface area is 189 Å². The lowest BCUT2D eigenvalue weighted by atomic mass is 10.1. The molecule has 0 bridgehead atoms. The highest BCUT2D eigenvalue weighted by Crippen LogP contribution is 2.19. The number of hydrogen-bond acceptors (Lipinski definition) is 3. The zero-order chi connectivity index (χ0) is 22.1. The molecular formula is C25H23BrN2O3. The topological polar surface area (TPSA) is 78.4 Å². The Balaban J connectivity index is 1.83. The van der Waals surface area contributed by atoms with Gasteiger partial charge in [0, 0.05) is 10.0 Å². The fraction of sp³-hybridized carbons (Fsp3) is 0.120. The lowest BCUT2D eigenvalue weighted by Crippen LogP contribution is -2.43. The van der Waals surface area contributed by atoms with E-state index in [1.807, 2.05) is 60.7 Å². The van der Waals surface area contributed by atoms with Crippen LogP contribution in [0.2, 0.25) is 0 Å². The van der Waals surface area contributed by atoms with Crippen molar-refractivity contribution in [3.8, 4) is 0 Å². The summed E-state index contributed by atoms with van der Waals surface area (Å²) >= 11 is 3.46. The average molecular weight is 479 g/mol. The first kappa shape index (κ1) is 22.5. The Morgan fingerprint density at radius 2 is 1.52 bits per heavy atom. The van der Waals surface area contributed by atoms with Gasteiger partial charge in [-0.05, 0) is 41.8 Å². The maximum absolute atomic E-state index is 13.1. The monoisotopic (exact) mass is 478 g/mol. The molecule has 6 heteroatoms. The zero-order valence-electron chi connectivity index (χ0n) is 16.8. The first-order valence-electron chi connectivity index (χ1n) is 9.85. The molecule has 158 valence electrons. The first-order chi connectivity index (χ1) is 15.1. The van der Waals surface area contributed by atoms with E-state index >= 15 is 0 Å². The molecular weight excluding hydrogens is 456 g/mol. The van der Waals surface area contributed by atoms with Gasteiger partial charge in [0.2, 0.25) is 0 Å². The van der Waals surface area contributed by atoms with Gasteiger partial charge in [-0.25, -0.2) is 0 Å². The second-order valence-electron chi connectivity index (χ2n) is 6.94. The van der Waals surface area contributed by atoms with Gasteiger partial charge in [0.15, 0.2) is 0 Å². The molecule has 31 heavy (non-hydrogen) atoms. The predicted octanol–water partition coefficient (Wildman–Crippen LogP) is 3.94. The number of nitrogens with one attached hydrogen (secondary N) is 2. The average Bonchev–Trinajstić information content (AvgIpc) is 2.80. The van der Waals surface area contributed by atoms with E-state index in [9.17, 15) is 14.7 Å². The van der Waals surface area contributed by atoms with E-state index in [1.165, 1.54) is 0 Å². The highest BCUT2D eigenvalue weighted by atomic mass is 79.9. The predicted molar refractivity (Wildman–Crippen MR) is 125 cm³/mol. The van der Waals surface area contributed by atoms with Crippen LogP contribution in [-0.2, 0) is 11.2 Å². The fourth-order valence-corrected chi connectivity index (χ4v) is 3.41. The lowest BCUT2D eigenvalue weighted by Gasteiger charge is -2.18. The molecule has 3 N–H and O–H groups in total. The maximum atomic E-state index is 13.1. The number of rotatable bonds is 8. The molecule has 3 aromatic carbocycles. The third-order valence-electron chi connectivity index (χ3n) is 4.61. The summed E-state index contributed by atoms with van der Waals surface area (Å²) in [6.45, 7) is -0.227.